The van der Waals surface area contributed by atoms with Gasteiger partial charge in [0.15, 0.2) is 0 Å². The summed E-state index contributed by atoms with van der Waals surface area (Å²) < 4.78 is 5.35. The molecule has 1 aliphatic heterocycles. The molecule has 1 N–H and O–H groups in total. The first-order valence-corrected chi connectivity index (χ1v) is 6.90. The van der Waals surface area contributed by atoms with Crippen LogP contribution in [0.4, 0.5) is 0 Å². The number of nitrogens with one attached hydrogen (secondary N) is 1. The second-order valence-corrected chi connectivity index (χ2v) is 4.63. The average Bonchev–Trinajstić information content (AvgIpc) is 2.35. The fourth-order valence-corrected chi connectivity index (χ4v) is 2.14. The van der Waals surface area contributed by atoms with E-state index in [0.717, 1.165) is 19.8 Å². The van der Waals surface area contributed by atoms with Gasteiger partial charge < -0.3 is 15.0 Å². The van der Waals surface area contributed by atoms with Gasteiger partial charge in [0.05, 0.1) is 0 Å². The van der Waals surface area contributed by atoms with Crippen molar-refractivity contribution in [3.8, 4) is 0 Å². The standard InChI is InChI=1S/C13H28N2O/c1-3-5-9-15(4-2)10-8-14-13-6-11-16-12-7-13/h13-14H,3-12H2,1-2H3. The Kier molecular flexibility index (Phi) is 7.81. The maximum absolute atomic E-state index is 5.35. The monoisotopic (exact) mass is 228 g/mol. The zero-order valence-corrected chi connectivity index (χ0v) is 11.0. The van der Waals surface area contributed by atoms with Crippen LogP contribution in [0, 0.1) is 0 Å². The lowest BCUT2D eigenvalue weighted by atomic mass is 10.1. The quantitative estimate of drug-likeness (QED) is 0.686. The molecule has 16 heavy (non-hydrogen) atoms. The van der Waals surface area contributed by atoms with Crippen molar-refractivity contribution in [2.75, 3.05) is 39.4 Å². The van der Waals surface area contributed by atoms with E-state index in [0.29, 0.717) is 6.04 Å². The number of likely N-dealkylation sites (N-methyl/N-ethyl adjacent to an activating group) is 1. The Balaban J connectivity index is 2.02. The smallest absolute Gasteiger partial charge is 0.0480 e. The van der Waals surface area contributed by atoms with Crippen LogP contribution in [0.3, 0.4) is 0 Å². The van der Waals surface area contributed by atoms with Crippen molar-refractivity contribution in [3.05, 3.63) is 0 Å². The molecule has 1 rings (SSSR count). The second-order valence-electron chi connectivity index (χ2n) is 4.63. The molecule has 0 radical (unpaired) electrons. The molecule has 0 unspecified atom stereocenters. The number of unbranched alkanes of at least 4 members (excludes halogenated alkanes) is 1. The molecule has 0 aromatic heterocycles. The van der Waals surface area contributed by atoms with E-state index >= 15 is 0 Å². The Bertz CT molecular complexity index is 158. The predicted molar refractivity (Wildman–Crippen MR) is 68.9 cm³/mol. The first-order valence-electron chi connectivity index (χ1n) is 6.90. The van der Waals surface area contributed by atoms with E-state index < -0.39 is 0 Å². The highest BCUT2D eigenvalue weighted by Crippen LogP contribution is 2.05. The second kappa shape index (κ2) is 8.97. The molecule has 1 fully saturated rings. The third-order valence-electron chi connectivity index (χ3n) is 3.36. The van der Waals surface area contributed by atoms with E-state index in [4.69, 9.17) is 4.74 Å². The number of hydrogen-bond donors (Lipinski definition) is 1. The van der Waals surface area contributed by atoms with Crippen molar-refractivity contribution in [3.63, 3.8) is 0 Å². The number of rotatable bonds is 8. The summed E-state index contributed by atoms with van der Waals surface area (Å²) in [5.41, 5.74) is 0. The van der Waals surface area contributed by atoms with Crippen LogP contribution in [-0.2, 0) is 4.74 Å². The molecule has 1 heterocycles. The van der Waals surface area contributed by atoms with Gasteiger partial charge in [-0.3, -0.25) is 0 Å². The summed E-state index contributed by atoms with van der Waals surface area (Å²) in [6.45, 7) is 11.1. The molecular weight excluding hydrogens is 200 g/mol. The SMILES string of the molecule is CCCCN(CC)CCNC1CCOCC1. The number of ether oxygens (including phenoxy) is 1. The highest BCUT2D eigenvalue weighted by Gasteiger charge is 2.12. The highest BCUT2D eigenvalue weighted by atomic mass is 16.5. The molecule has 0 atom stereocenters. The largest absolute Gasteiger partial charge is 0.381 e. The number of nitrogens with zero attached hydrogens (tertiary/aromatic N) is 1. The molecule has 0 amide bonds. The van der Waals surface area contributed by atoms with Crippen LogP contribution in [0.25, 0.3) is 0 Å². The Morgan fingerprint density at radius 2 is 1.94 bits per heavy atom. The lowest BCUT2D eigenvalue weighted by Crippen LogP contribution is -2.40. The Labute approximate surface area is 101 Å². The van der Waals surface area contributed by atoms with E-state index in [2.05, 4.69) is 24.1 Å². The van der Waals surface area contributed by atoms with Gasteiger partial charge in [-0.15, -0.1) is 0 Å². The first-order chi connectivity index (χ1) is 7.86. The maximum Gasteiger partial charge on any atom is 0.0480 e. The van der Waals surface area contributed by atoms with Crippen LogP contribution < -0.4 is 5.32 Å². The first kappa shape index (κ1) is 13.9. The van der Waals surface area contributed by atoms with Gasteiger partial charge in [0, 0.05) is 32.3 Å². The lowest BCUT2D eigenvalue weighted by molar-refractivity contribution is 0.0772. The van der Waals surface area contributed by atoms with Gasteiger partial charge in [-0.25, -0.2) is 0 Å². The van der Waals surface area contributed by atoms with Crippen molar-refractivity contribution >= 4 is 0 Å². The Morgan fingerprint density at radius 3 is 2.56 bits per heavy atom. The summed E-state index contributed by atoms with van der Waals surface area (Å²) in [7, 11) is 0. The molecule has 0 saturated carbocycles. The molecule has 96 valence electrons. The summed E-state index contributed by atoms with van der Waals surface area (Å²) >= 11 is 0. The third kappa shape index (κ3) is 5.83. The fraction of sp³-hybridized carbons (Fsp3) is 1.00. The normalized spacial score (nSPS) is 18.2. The van der Waals surface area contributed by atoms with Gasteiger partial charge in [0.25, 0.3) is 0 Å². The molecule has 3 nitrogen and oxygen atoms in total. The molecule has 0 aromatic rings. The van der Waals surface area contributed by atoms with Gasteiger partial charge in [-0.05, 0) is 32.4 Å². The van der Waals surface area contributed by atoms with Crippen molar-refractivity contribution < 1.29 is 4.74 Å². The summed E-state index contributed by atoms with van der Waals surface area (Å²) in [5.74, 6) is 0. The summed E-state index contributed by atoms with van der Waals surface area (Å²) in [6, 6.07) is 0.693. The minimum Gasteiger partial charge on any atom is -0.381 e. The van der Waals surface area contributed by atoms with Gasteiger partial charge in [0.2, 0.25) is 0 Å². The highest BCUT2D eigenvalue weighted by molar-refractivity contribution is 4.70. The zero-order chi connectivity index (χ0) is 11.6. The van der Waals surface area contributed by atoms with Gasteiger partial charge in [-0.2, -0.15) is 0 Å². The van der Waals surface area contributed by atoms with Crippen LogP contribution in [0.1, 0.15) is 39.5 Å². The van der Waals surface area contributed by atoms with Crippen molar-refractivity contribution in [2.24, 2.45) is 0 Å². The number of hydrogen-bond acceptors (Lipinski definition) is 3. The lowest BCUT2D eigenvalue weighted by Gasteiger charge is -2.25. The van der Waals surface area contributed by atoms with Crippen LogP contribution in [-0.4, -0.2) is 50.3 Å². The van der Waals surface area contributed by atoms with Crippen LogP contribution in [0.15, 0.2) is 0 Å². The molecule has 1 aliphatic rings. The summed E-state index contributed by atoms with van der Waals surface area (Å²) in [4.78, 5) is 2.54. The molecule has 0 bridgehead atoms. The summed E-state index contributed by atoms with van der Waals surface area (Å²) in [6.07, 6.45) is 4.98. The topological polar surface area (TPSA) is 24.5 Å². The van der Waals surface area contributed by atoms with Gasteiger partial charge in [-0.1, -0.05) is 20.3 Å². The van der Waals surface area contributed by atoms with Crippen LogP contribution in [0.5, 0.6) is 0 Å². The zero-order valence-electron chi connectivity index (χ0n) is 11.0. The molecule has 0 aromatic carbocycles. The maximum atomic E-state index is 5.35. The fourth-order valence-electron chi connectivity index (χ4n) is 2.14. The molecule has 3 heteroatoms. The third-order valence-corrected chi connectivity index (χ3v) is 3.36. The van der Waals surface area contributed by atoms with Crippen molar-refractivity contribution in [2.45, 2.75) is 45.6 Å². The van der Waals surface area contributed by atoms with Gasteiger partial charge in [0.1, 0.15) is 0 Å². The Morgan fingerprint density at radius 1 is 1.19 bits per heavy atom. The van der Waals surface area contributed by atoms with Crippen LogP contribution >= 0.6 is 0 Å². The molecular formula is C13H28N2O. The average molecular weight is 228 g/mol. The Hall–Kier alpha value is -0.120. The predicted octanol–water partition coefficient (Wildman–Crippen LogP) is 1.88. The van der Waals surface area contributed by atoms with E-state index in [-0.39, 0.29) is 0 Å². The molecule has 0 spiro atoms. The molecule has 1 saturated heterocycles. The molecule has 0 aliphatic carbocycles. The van der Waals surface area contributed by atoms with Crippen molar-refractivity contribution in [1.82, 2.24) is 10.2 Å². The minimum atomic E-state index is 0.693. The van der Waals surface area contributed by atoms with Gasteiger partial charge >= 0.3 is 0 Å². The minimum absolute atomic E-state index is 0.693. The van der Waals surface area contributed by atoms with E-state index in [1.165, 1.54) is 45.3 Å². The summed E-state index contributed by atoms with van der Waals surface area (Å²) in [5, 5.41) is 3.64. The van der Waals surface area contributed by atoms with E-state index in [1.807, 2.05) is 0 Å². The van der Waals surface area contributed by atoms with Crippen LogP contribution in [0.2, 0.25) is 0 Å². The van der Waals surface area contributed by atoms with E-state index in [9.17, 15) is 0 Å². The van der Waals surface area contributed by atoms with Crippen molar-refractivity contribution in [1.29, 1.82) is 0 Å². The van der Waals surface area contributed by atoms with E-state index in [1.54, 1.807) is 0 Å².